The van der Waals surface area contributed by atoms with Gasteiger partial charge in [-0.3, -0.25) is 4.55 Å². The second-order valence-corrected chi connectivity index (χ2v) is 16.8. The second-order valence-electron chi connectivity index (χ2n) is 14.0. The number of ether oxygens (including phenoxy) is 2. The summed E-state index contributed by atoms with van der Waals surface area (Å²) in [5.41, 5.74) is 1.23. The molecule has 0 aliphatic heterocycles. The quantitative estimate of drug-likeness (QED) is 0.0392. The van der Waals surface area contributed by atoms with Gasteiger partial charge in [-0.1, -0.05) is 146 Å². The molecule has 0 radical (unpaired) electrons. The van der Waals surface area contributed by atoms with Gasteiger partial charge in [-0.2, -0.15) is 8.42 Å². The summed E-state index contributed by atoms with van der Waals surface area (Å²) in [6.45, 7) is 4.40. The van der Waals surface area contributed by atoms with Crippen molar-refractivity contribution in [2.75, 3.05) is 0 Å². The maximum absolute atomic E-state index is 12.1. The molecule has 4 aromatic rings. The molecule has 10 nitrogen and oxygen atoms in total. The number of phenolic OH excluding ortho intramolecular Hbond substituents is 1. The van der Waals surface area contributed by atoms with Crippen molar-refractivity contribution in [1.82, 2.24) is 0 Å². The zero-order valence-electron chi connectivity index (χ0n) is 33.5. The van der Waals surface area contributed by atoms with E-state index in [0.717, 1.165) is 44.6 Å². The first-order chi connectivity index (χ1) is 26.8. The number of unbranched alkanes of at least 4 members (excludes halogenated alkanes) is 14. The minimum absolute atomic E-state index is 0. The van der Waals surface area contributed by atoms with Gasteiger partial charge in [-0.05, 0) is 79.3 Å². The average molecular weight is 851 g/mol. The normalized spacial score (nSPS) is 11.3. The molecule has 0 amide bonds. The Morgan fingerprint density at radius 2 is 0.912 bits per heavy atom. The number of rotatable bonds is 24. The van der Waals surface area contributed by atoms with E-state index in [1.807, 2.05) is 36.4 Å². The van der Waals surface area contributed by atoms with Crippen molar-refractivity contribution in [3.63, 3.8) is 0 Å². The van der Waals surface area contributed by atoms with E-state index in [9.17, 15) is 36.2 Å². The molecule has 57 heavy (non-hydrogen) atoms. The molecule has 0 spiro atoms. The number of para-hydroxylation sites is 2. The van der Waals surface area contributed by atoms with Crippen molar-refractivity contribution >= 4 is 58.0 Å². The molecule has 0 heterocycles. The van der Waals surface area contributed by atoms with Crippen molar-refractivity contribution < 1.29 is 45.6 Å². The summed E-state index contributed by atoms with van der Waals surface area (Å²) in [6.07, 6.45) is 19.6. The van der Waals surface area contributed by atoms with Crippen molar-refractivity contribution in [1.29, 1.82) is 0 Å². The van der Waals surface area contributed by atoms with Crippen LogP contribution in [0.3, 0.4) is 0 Å². The number of phenols is 1. The number of aromatic hydroxyl groups is 1. The van der Waals surface area contributed by atoms with Gasteiger partial charge in [0, 0.05) is 11.0 Å². The molecule has 0 aromatic heterocycles. The summed E-state index contributed by atoms with van der Waals surface area (Å²) in [5.74, 6) is 0.509. The van der Waals surface area contributed by atoms with Crippen molar-refractivity contribution in [3.05, 3.63) is 96.1 Å². The number of hydrogen-bond donors (Lipinski definition) is 2. The van der Waals surface area contributed by atoms with Gasteiger partial charge in [0.05, 0.1) is 0 Å². The SMILES string of the molecule is CCCCCCCCCCc1cc(S(=O)(=O)O)c(O)cc1Oc1ccccc1.CCCCCCCCCCc1cc(S(=O)(=O)[O-])c([O-])cc1Oc1ccccc1.[Ca+2]. The van der Waals surface area contributed by atoms with Gasteiger partial charge >= 0.3 is 37.7 Å². The summed E-state index contributed by atoms with van der Waals surface area (Å²) in [6, 6.07) is 22.9. The van der Waals surface area contributed by atoms with Crippen LogP contribution in [0.4, 0.5) is 0 Å². The Morgan fingerprint density at radius 1 is 0.544 bits per heavy atom. The molecule has 0 fully saturated rings. The Bertz CT molecular complexity index is 1810. The van der Waals surface area contributed by atoms with Gasteiger partial charge in [0.25, 0.3) is 10.1 Å². The third-order valence-electron chi connectivity index (χ3n) is 9.36. The van der Waals surface area contributed by atoms with E-state index in [2.05, 4.69) is 13.8 Å². The first kappa shape index (κ1) is 50.3. The van der Waals surface area contributed by atoms with Crippen LogP contribution in [0.15, 0.2) is 94.7 Å². The zero-order chi connectivity index (χ0) is 40.8. The number of hydrogen-bond acceptors (Lipinski definition) is 9. The van der Waals surface area contributed by atoms with Gasteiger partial charge in [0.1, 0.15) is 43.8 Å². The topological polar surface area (TPSA) is 173 Å². The van der Waals surface area contributed by atoms with E-state index in [1.165, 1.54) is 82.4 Å². The van der Waals surface area contributed by atoms with Gasteiger partial charge in [-0.15, -0.1) is 0 Å². The largest absolute Gasteiger partial charge is 2.00 e. The Morgan fingerprint density at radius 3 is 1.30 bits per heavy atom. The summed E-state index contributed by atoms with van der Waals surface area (Å²) in [7, 11) is -9.31. The van der Waals surface area contributed by atoms with E-state index in [-0.39, 0.29) is 37.7 Å². The van der Waals surface area contributed by atoms with Crippen molar-refractivity contribution in [2.24, 2.45) is 0 Å². The molecule has 0 aliphatic rings. The van der Waals surface area contributed by atoms with Crippen LogP contribution in [0, 0.1) is 0 Å². The summed E-state index contributed by atoms with van der Waals surface area (Å²) in [5, 5.41) is 22.1. The van der Waals surface area contributed by atoms with Gasteiger partial charge in [0.2, 0.25) is 0 Å². The molecular weight excluding hydrogens is 793 g/mol. The van der Waals surface area contributed by atoms with Gasteiger partial charge in [0.15, 0.2) is 0 Å². The molecule has 0 unspecified atom stereocenters. The molecule has 0 bridgehead atoms. The first-order valence-electron chi connectivity index (χ1n) is 19.9. The van der Waals surface area contributed by atoms with Crippen LogP contribution < -0.4 is 14.6 Å². The van der Waals surface area contributed by atoms with Crippen LogP contribution >= 0.6 is 0 Å². The monoisotopic (exact) mass is 850 g/mol. The van der Waals surface area contributed by atoms with Crippen LogP contribution in [0.1, 0.15) is 128 Å². The first-order valence-corrected chi connectivity index (χ1v) is 22.8. The van der Waals surface area contributed by atoms with Crippen LogP contribution in [0.2, 0.25) is 0 Å². The van der Waals surface area contributed by atoms with E-state index in [4.69, 9.17) is 9.47 Å². The van der Waals surface area contributed by atoms with Crippen LogP contribution in [-0.2, 0) is 33.1 Å². The number of benzene rings is 4. The average Bonchev–Trinajstić information content (AvgIpc) is 3.15. The van der Waals surface area contributed by atoms with Gasteiger partial charge < -0.3 is 24.2 Å². The van der Waals surface area contributed by atoms with Gasteiger partial charge in [-0.25, -0.2) is 8.42 Å². The van der Waals surface area contributed by atoms with E-state index < -0.39 is 41.5 Å². The maximum Gasteiger partial charge on any atom is 2.00 e. The van der Waals surface area contributed by atoms with Crippen LogP contribution in [-0.4, -0.2) is 68.8 Å². The molecule has 4 aromatic carbocycles. The fourth-order valence-electron chi connectivity index (χ4n) is 6.29. The van der Waals surface area contributed by atoms with E-state index >= 15 is 0 Å². The molecule has 308 valence electrons. The molecule has 0 saturated carbocycles. The zero-order valence-corrected chi connectivity index (χ0v) is 37.3. The maximum atomic E-state index is 12.1. The van der Waals surface area contributed by atoms with Crippen LogP contribution in [0.25, 0.3) is 0 Å². The minimum Gasteiger partial charge on any atom is -0.872 e. The Kier molecular flexibility index (Phi) is 23.8. The fourth-order valence-corrected chi connectivity index (χ4v) is 7.49. The Labute approximate surface area is 370 Å². The third kappa shape index (κ3) is 19.2. The molecule has 0 saturated heterocycles. The molecule has 13 heteroatoms. The summed E-state index contributed by atoms with van der Waals surface area (Å²) < 4.78 is 78.2. The van der Waals surface area contributed by atoms with Crippen molar-refractivity contribution in [3.8, 4) is 34.5 Å². The summed E-state index contributed by atoms with van der Waals surface area (Å²) >= 11 is 0. The van der Waals surface area contributed by atoms with Crippen LogP contribution in [0.5, 0.6) is 34.5 Å². The predicted octanol–water partition coefficient (Wildman–Crippen LogP) is 10.9. The molecule has 0 aliphatic carbocycles. The summed E-state index contributed by atoms with van der Waals surface area (Å²) in [4.78, 5) is -1.19. The van der Waals surface area contributed by atoms with E-state index in [0.29, 0.717) is 47.0 Å². The van der Waals surface area contributed by atoms with E-state index in [1.54, 1.807) is 24.3 Å². The fraction of sp³-hybridized carbons (Fsp3) is 0.455. The second kappa shape index (κ2) is 27.0. The molecule has 2 N–H and O–H groups in total. The standard InChI is InChI=1S/2C22H30O5S.Ca/c2*1-2-3-4-5-6-7-8-10-13-18-16-22(28(24,25)26)20(23)17-21(18)27-19-14-11-9-12-15-19;/h2*9,11-12,14-17,23H,2-8,10,13H2,1H3,(H,24,25,26);/q;;+2/p-2. The molecule has 0 atom stereocenters. The minimum atomic E-state index is -4.81. The molecule has 4 rings (SSSR count). The third-order valence-corrected chi connectivity index (χ3v) is 11.1. The smallest absolute Gasteiger partial charge is 0.872 e. The van der Waals surface area contributed by atoms with Crippen molar-refractivity contribution in [2.45, 2.75) is 139 Å². The Hall–Kier alpha value is -2.84. The Balaban J connectivity index is 0.000000387. The molecular formula is C44H58CaO10S2. The number of aryl methyl sites for hydroxylation is 2. The predicted molar refractivity (Wildman–Crippen MR) is 223 cm³/mol.